The van der Waals surface area contributed by atoms with Gasteiger partial charge in [-0.15, -0.1) is 0 Å². The number of sulfonamides is 2. The van der Waals surface area contributed by atoms with E-state index in [0.29, 0.717) is 0 Å². The van der Waals surface area contributed by atoms with Crippen LogP contribution in [-0.2, 0) is 33.5 Å². The number of halogens is 6. The molecule has 0 aliphatic carbocycles. The molecule has 1 aromatic heterocycles. The first-order valence-corrected chi connectivity index (χ1v) is 8.45. The van der Waals surface area contributed by atoms with Crippen LogP contribution in [0.2, 0.25) is 0 Å². The second-order valence-corrected chi connectivity index (χ2v) is 7.46. The maximum Gasteiger partial charge on any atom is 0.512 e. The lowest BCUT2D eigenvalue weighted by Crippen LogP contribution is -2.45. The topological polar surface area (TPSA) is 100.0 Å². The third-order valence-corrected chi connectivity index (χ3v) is 5.11. The number of hydrogen-bond donors (Lipinski definition) is 2. The molecule has 0 aliphatic rings. The van der Waals surface area contributed by atoms with Crippen LogP contribution in [-0.4, -0.2) is 32.8 Å². The number of rotatable bonds is 3. The van der Waals surface area contributed by atoms with E-state index in [9.17, 15) is 43.2 Å². The first-order valence-electron chi connectivity index (χ1n) is 5.48. The van der Waals surface area contributed by atoms with Crippen LogP contribution in [0.1, 0.15) is 12.7 Å². The van der Waals surface area contributed by atoms with Crippen LogP contribution in [0.15, 0.2) is 12.4 Å². The van der Waals surface area contributed by atoms with Crippen molar-refractivity contribution >= 4 is 20.0 Å². The molecule has 136 valence electrons. The van der Waals surface area contributed by atoms with Crippen LogP contribution in [0.5, 0.6) is 0 Å². The third kappa shape index (κ3) is 5.98. The summed E-state index contributed by atoms with van der Waals surface area (Å²) in [5.41, 5.74) is -12.3. The molecule has 0 aliphatic heterocycles. The van der Waals surface area contributed by atoms with E-state index in [1.807, 2.05) is 19.4 Å². The van der Waals surface area contributed by atoms with E-state index in [1.54, 1.807) is 0 Å². The maximum atomic E-state index is 11.5. The second kappa shape index (κ2) is 7.04. The van der Waals surface area contributed by atoms with Crippen molar-refractivity contribution < 1.29 is 47.7 Å². The molecule has 1 rings (SSSR count). The number of imidazole rings is 1. The van der Waals surface area contributed by atoms with Crippen molar-refractivity contribution in [2.24, 2.45) is 7.05 Å². The lowest BCUT2D eigenvalue weighted by atomic mass is 10.5. The van der Waals surface area contributed by atoms with E-state index in [1.165, 1.54) is 5.82 Å². The van der Waals surface area contributed by atoms with Gasteiger partial charge in [-0.3, -0.25) is 0 Å². The minimum Gasteiger partial charge on any atom is -0.248 e. The molecule has 0 aromatic carbocycles. The summed E-state index contributed by atoms with van der Waals surface area (Å²) in [6, 6.07) is 0. The number of aryl methyl sites for hydroxylation is 2. The van der Waals surface area contributed by atoms with E-state index in [-0.39, 0.29) is 0 Å². The van der Waals surface area contributed by atoms with Crippen molar-refractivity contribution in [2.45, 2.75) is 24.4 Å². The molecule has 0 unspecified atom stereocenters. The van der Waals surface area contributed by atoms with Crippen LogP contribution in [0.4, 0.5) is 26.3 Å². The predicted octanol–water partition coefficient (Wildman–Crippen LogP) is 0.677. The third-order valence-electron chi connectivity index (χ3n) is 2.14. The molecule has 7 nitrogen and oxygen atoms in total. The first kappa shape index (κ1) is 21.6. The fourth-order valence-electron chi connectivity index (χ4n) is 1.03. The number of hydrogen-bond acceptors (Lipinski definition) is 4. The van der Waals surface area contributed by atoms with Gasteiger partial charge in [0.05, 0.1) is 7.05 Å². The fraction of sp³-hybridized carbons (Fsp3) is 0.625. The van der Waals surface area contributed by atoms with Gasteiger partial charge >= 0.3 is 31.1 Å². The average Bonchev–Trinajstić information content (AvgIpc) is 2.71. The second-order valence-electron chi connectivity index (χ2n) is 3.85. The maximum absolute atomic E-state index is 11.5. The summed E-state index contributed by atoms with van der Waals surface area (Å²) in [4.78, 5) is 3.12. The molecule has 0 atom stereocenters. The van der Waals surface area contributed by atoms with Crippen molar-refractivity contribution in [1.82, 2.24) is 9.11 Å². The molecule has 1 heterocycles. The summed E-state index contributed by atoms with van der Waals surface area (Å²) in [6.45, 7) is 2.13. The smallest absolute Gasteiger partial charge is 0.248 e. The van der Waals surface area contributed by atoms with Gasteiger partial charge in [-0.25, -0.2) is 26.4 Å². The molecular formula is C8H12F6N3O4S2+. The molecule has 1 aromatic rings. The molecule has 0 saturated heterocycles. The Labute approximate surface area is 127 Å². The minimum absolute atomic E-state index is 0.493. The van der Waals surface area contributed by atoms with Crippen LogP contribution < -0.4 is 8.69 Å². The van der Waals surface area contributed by atoms with Crippen LogP contribution in [0, 0.1) is 0 Å². The van der Waals surface area contributed by atoms with Gasteiger partial charge < -0.3 is 0 Å². The number of H-pyrrole nitrogens is 1. The number of aromatic nitrogens is 2. The van der Waals surface area contributed by atoms with Crippen LogP contribution >= 0.6 is 0 Å². The van der Waals surface area contributed by atoms with Crippen molar-refractivity contribution in [3.05, 3.63) is 18.2 Å². The zero-order valence-corrected chi connectivity index (χ0v) is 13.2. The molecule has 0 amide bonds. The molecule has 0 saturated carbocycles. The van der Waals surface area contributed by atoms with Crippen molar-refractivity contribution in [1.29, 1.82) is 0 Å². The highest BCUT2D eigenvalue weighted by atomic mass is 32.3. The van der Waals surface area contributed by atoms with Crippen molar-refractivity contribution in [3.8, 4) is 0 Å². The van der Waals surface area contributed by atoms with Gasteiger partial charge in [0.1, 0.15) is 12.4 Å². The van der Waals surface area contributed by atoms with Crippen molar-refractivity contribution in [2.75, 3.05) is 0 Å². The van der Waals surface area contributed by atoms with Gasteiger partial charge in [0.2, 0.25) is 0 Å². The Bertz CT molecular complexity index is 678. The molecule has 0 bridgehead atoms. The fourth-order valence-corrected chi connectivity index (χ4v) is 2.94. The molecule has 15 heteroatoms. The summed E-state index contributed by atoms with van der Waals surface area (Å²) in [6.07, 6.45) is 5.03. The largest absolute Gasteiger partial charge is 0.512 e. The highest BCUT2D eigenvalue weighted by Crippen LogP contribution is 2.27. The van der Waals surface area contributed by atoms with E-state index in [4.69, 9.17) is 0 Å². The SMILES string of the molecule is CCc1[nH]cc[n+]1C.O=S(=O)(NS(=O)(=O)C(F)(F)F)C(F)(F)F. The number of alkyl halides is 6. The summed E-state index contributed by atoms with van der Waals surface area (Å²) in [7, 11) is -11.2. The van der Waals surface area contributed by atoms with Gasteiger partial charge in [-0.05, 0) is 0 Å². The average molecular weight is 392 g/mol. The van der Waals surface area contributed by atoms with Crippen LogP contribution in [0.3, 0.4) is 0 Å². The standard InChI is InChI=1S/C6H10N2.C2HF6NO4S2/c1-3-6-7-4-5-8(6)2;3-1(4,5)14(10,11)9-15(12,13)2(6,7)8/h4-5H,3H2,1-2H3;9H/p+1. The van der Waals surface area contributed by atoms with Gasteiger partial charge in [0, 0.05) is 6.42 Å². The van der Waals surface area contributed by atoms with Crippen molar-refractivity contribution in [3.63, 3.8) is 0 Å². The van der Waals surface area contributed by atoms with Gasteiger partial charge in [-0.1, -0.05) is 11.1 Å². The lowest BCUT2D eigenvalue weighted by Gasteiger charge is -2.11. The minimum atomic E-state index is -6.60. The van der Waals surface area contributed by atoms with E-state index in [2.05, 4.69) is 16.5 Å². The van der Waals surface area contributed by atoms with Gasteiger partial charge in [-0.2, -0.15) is 26.3 Å². The highest BCUT2D eigenvalue weighted by Gasteiger charge is 2.55. The summed E-state index contributed by atoms with van der Waals surface area (Å²) >= 11 is 0. The Balaban J connectivity index is 0.000000502. The first-order chi connectivity index (χ1) is 10.0. The molecule has 2 N–H and O–H groups in total. The number of nitrogens with zero attached hydrogens (tertiary/aromatic N) is 1. The van der Waals surface area contributed by atoms with E-state index < -0.39 is 35.2 Å². The molecular weight excluding hydrogens is 380 g/mol. The zero-order chi connectivity index (χ0) is 18.7. The van der Waals surface area contributed by atoms with E-state index in [0.717, 1.165) is 6.42 Å². The number of aromatic amines is 1. The predicted molar refractivity (Wildman–Crippen MR) is 64.4 cm³/mol. The lowest BCUT2D eigenvalue weighted by molar-refractivity contribution is -0.677. The van der Waals surface area contributed by atoms with E-state index >= 15 is 0 Å². The number of nitrogens with one attached hydrogen (secondary N) is 2. The normalized spacial score (nSPS) is 13.4. The quantitative estimate of drug-likeness (QED) is 0.584. The molecule has 23 heavy (non-hydrogen) atoms. The highest BCUT2D eigenvalue weighted by molar-refractivity contribution is 8.05. The van der Waals surface area contributed by atoms with Crippen LogP contribution in [0.25, 0.3) is 0 Å². The molecule has 0 fully saturated rings. The molecule has 0 radical (unpaired) electrons. The Hall–Kier alpha value is -1.35. The Morgan fingerprint density at radius 2 is 1.43 bits per heavy atom. The summed E-state index contributed by atoms with van der Waals surface area (Å²) < 4.78 is 110. The summed E-state index contributed by atoms with van der Waals surface area (Å²) in [5.74, 6) is 1.27. The summed E-state index contributed by atoms with van der Waals surface area (Å²) in [5, 5.41) is 0. The molecule has 0 spiro atoms. The Morgan fingerprint density at radius 1 is 1.04 bits per heavy atom. The van der Waals surface area contributed by atoms with Gasteiger partial charge in [0.15, 0.2) is 0 Å². The monoisotopic (exact) mass is 392 g/mol. The zero-order valence-electron chi connectivity index (χ0n) is 11.5. The Kier molecular flexibility index (Phi) is 6.63. The van der Waals surface area contributed by atoms with Gasteiger partial charge in [0.25, 0.3) is 5.82 Å². The Morgan fingerprint density at radius 3 is 1.61 bits per heavy atom.